The summed E-state index contributed by atoms with van der Waals surface area (Å²) < 4.78 is 9.59. The standard InChI is InChI=1S/C10H19NO5/c1-7(6-16-3)9(12)11-8(10(13)14)4-5-15-2/h7-8H,4-6H2,1-3H3,(H,11,12)(H,13,14). The largest absolute Gasteiger partial charge is 0.480 e. The van der Waals surface area contributed by atoms with E-state index < -0.39 is 12.0 Å². The van der Waals surface area contributed by atoms with E-state index in [0.717, 1.165) is 0 Å². The van der Waals surface area contributed by atoms with Crippen LogP contribution in [0.3, 0.4) is 0 Å². The molecule has 0 fully saturated rings. The van der Waals surface area contributed by atoms with Gasteiger partial charge in [-0.1, -0.05) is 6.92 Å². The lowest BCUT2D eigenvalue weighted by Crippen LogP contribution is -2.44. The normalized spacial score (nSPS) is 14.2. The average molecular weight is 233 g/mol. The van der Waals surface area contributed by atoms with Crippen LogP contribution < -0.4 is 5.32 Å². The summed E-state index contributed by atoms with van der Waals surface area (Å²) in [7, 11) is 2.97. The van der Waals surface area contributed by atoms with E-state index in [1.807, 2.05) is 0 Å². The summed E-state index contributed by atoms with van der Waals surface area (Å²) in [6.45, 7) is 2.23. The average Bonchev–Trinajstić information content (AvgIpc) is 2.23. The van der Waals surface area contributed by atoms with Gasteiger partial charge in [-0.2, -0.15) is 0 Å². The van der Waals surface area contributed by atoms with Gasteiger partial charge in [-0.05, 0) is 0 Å². The maximum absolute atomic E-state index is 11.5. The SMILES string of the molecule is COCCC(NC(=O)C(C)COC)C(=O)O. The topological polar surface area (TPSA) is 84.9 Å². The molecule has 94 valence electrons. The van der Waals surface area contributed by atoms with Crippen LogP contribution in [0, 0.1) is 5.92 Å². The summed E-state index contributed by atoms with van der Waals surface area (Å²) in [5, 5.41) is 11.3. The highest BCUT2D eigenvalue weighted by atomic mass is 16.5. The molecule has 6 heteroatoms. The van der Waals surface area contributed by atoms with Gasteiger partial charge in [-0.3, -0.25) is 4.79 Å². The zero-order valence-electron chi connectivity index (χ0n) is 9.86. The molecule has 16 heavy (non-hydrogen) atoms. The third-order valence-corrected chi connectivity index (χ3v) is 2.09. The van der Waals surface area contributed by atoms with Gasteiger partial charge in [0.1, 0.15) is 6.04 Å². The Morgan fingerprint density at radius 1 is 1.31 bits per heavy atom. The van der Waals surface area contributed by atoms with Gasteiger partial charge >= 0.3 is 5.97 Å². The Morgan fingerprint density at radius 2 is 1.94 bits per heavy atom. The molecule has 1 amide bonds. The van der Waals surface area contributed by atoms with Gasteiger partial charge < -0.3 is 19.9 Å². The predicted molar refractivity (Wildman–Crippen MR) is 57.1 cm³/mol. The number of nitrogens with one attached hydrogen (secondary N) is 1. The molecule has 0 aliphatic heterocycles. The molecule has 0 rings (SSSR count). The summed E-state index contributed by atoms with van der Waals surface area (Å²) in [5.74, 6) is -1.75. The number of carboxylic acids is 1. The Bertz CT molecular complexity index is 231. The lowest BCUT2D eigenvalue weighted by atomic mass is 10.1. The smallest absolute Gasteiger partial charge is 0.326 e. The summed E-state index contributed by atoms with van der Waals surface area (Å²) in [5.41, 5.74) is 0. The molecule has 0 saturated carbocycles. The van der Waals surface area contributed by atoms with Gasteiger partial charge in [0.2, 0.25) is 5.91 Å². The fourth-order valence-corrected chi connectivity index (χ4v) is 1.13. The van der Waals surface area contributed by atoms with Crippen LogP contribution in [0.1, 0.15) is 13.3 Å². The summed E-state index contributed by atoms with van der Waals surface area (Å²) in [6, 6.07) is -0.910. The molecule has 0 bridgehead atoms. The Kier molecular flexibility index (Phi) is 7.49. The first-order valence-electron chi connectivity index (χ1n) is 5.04. The number of ether oxygens (including phenoxy) is 2. The first-order chi connectivity index (χ1) is 7.52. The molecule has 2 atom stereocenters. The monoisotopic (exact) mass is 233 g/mol. The fraction of sp³-hybridized carbons (Fsp3) is 0.800. The van der Waals surface area contributed by atoms with Crippen LogP contribution in [0.4, 0.5) is 0 Å². The number of amides is 1. The molecular weight excluding hydrogens is 214 g/mol. The number of hydrogen-bond acceptors (Lipinski definition) is 4. The third-order valence-electron chi connectivity index (χ3n) is 2.09. The molecule has 0 aliphatic carbocycles. The van der Waals surface area contributed by atoms with E-state index in [-0.39, 0.29) is 31.5 Å². The van der Waals surface area contributed by atoms with Gasteiger partial charge in [-0.15, -0.1) is 0 Å². The molecule has 0 radical (unpaired) electrons. The van der Waals surface area contributed by atoms with Crippen molar-refractivity contribution in [3.8, 4) is 0 Å². The Morgan fingerprint density at radius 3 is 2.38 bits per heavy atom. The van der Waals surface area contributed by atoms with E-state index in [2.05, 4.69) is 5.32 Å². The molecule has 6 nitrogen and oxygen atoms in total. The van der Waals surface area contributed by atoms with Crippen LogP contribution in [0.15, 0.2) is 0 Å². The highest BCUT2D eigenvalue weighted by Gasteiger charge is 2.22. The molecule has 0 aromatic heterocycles. The van der Waals surface area contributed by atoms with Crippen LogP contribution in [-0.4, -0.2) is 50.5 Å². The van der Waals surface area contributed by atoms with E-state index >= 15 is 0 Å². The van der Waals surface area contributed by atoms with Gasteiger partial charge in [0.25, 0.3) is 0 Å². The van der Waals surface area contributed by atoms with Gasteiger partial charge in [0.15, 0.2) is 0 Å². The van der Waals surface area contributed by atoms with Gasteiger partial charge in [0.05, 0.1) is 12.5 Å². The molecule has 2 unspecified atom stereocenters. The molecule has 2 N–H and O–H groups in total. The highest BCUT2D eigenvalue weighted by Crippen LogP contribution is 1.99. The molecule has 0 aromatic rings. The van der Waals surface area contributed by atoms with Crippen LogP contribution in [-0.2, 0) is 19.1 Å². The fourth-order valence-electron chi connectivity index (χ4n) is 1.13. The Balaban J connectivity index is 4.17. The van der Waals surface area contributed by atoms with Crippen molar-refractivity contribution in [2.75, 3.05) is 27.4 Å². The van der Waals surface area contributed by atoms with E-state index in [9.17, 15) is 9.59 Å². The number of carbonyl (C=O) groups excluding carboxylic acids is 1. The van der Waals surface area contributed by atoms with Crippen molar-refractivity contribution in [1.29, 1.82) is 0 Å². The first kappa shape index (κ1) is 14.9. The summed E-state index contributed by atoms with van der Waals surface area (Å²) in [6.07, 6.45) is 0.247. The predicted octanol–water partition coefficient (Wildman–Crippen LogP) is -0.125. The van der Waals surface area contributed by atoms with Crippen molar-refractivity contribution in [2.45, 2.75) is 19.4 Å². The lowest BCUT2D eigenvalue weighted by molar-refractivity contribution is -0.143. The van der Waals surface area contributed by atoms with Crippen molar-refractivity contribution < 1.29 is 24.2 Å². The second-order valence-corrected chi connectivity index (χ2v) is 3.54. The van der Waals surface area contributed by atoms with E-state index in [4.69, 9.17) is 14.6 Å². The second-order valence-electron chi connectivity index (χ2n) is 3.54. The first-order valence-corrected chi connectivity index (χ1v) is 5.04. The molecule has 0 aliphatic rings. The minimum atomic E-state index is -1.06. The number of aliphatic carboxylic acids is 1. The molecule has 0 saturated heterocycles. The molecule has 0 heterocycles. The van der Waals surface area contributed by atoms with E-state index in [1.165, 1.54) is 14.2 Å². The van der Waals surface area contributed by atoms with Crippen LogP contribution >= 0.6 is 0 Å². The number of rotatable bonds is 8. The maximum atomic E-state index is 11.5. The van der Waals surface area contributed by atoms with Gasteiger partial charge in [-0.25, -0.2) is 4.79 Å². The van der Waals surface area contributed by atoms with E-state index in [1.54, 1.807) is 6.92 Å². The van der Waals surface area contributed by atoms with E-state index in [0.29, 0.717) is 0 Å². The zero-order valence-corrected chi connectivity index (χ0v) is 9.86. The lowest BCUT2D eigenvalue weighted by Gasteiger charge is -2.17. The van der Waals surface area contributed by atoms with Gasteiger partial charge in [0, 0.05) is 27.2 Å². The number of hydrogen-bond donors (Lipinski definition) is 2. The van der Waals surface area contributed by atoms with Crippen molar-refractivity contribution in [2.24, 2.45) is 5.92 Å². The van der Waals surface area contributed by atoms with Crippen LogP contribution in [0.25, 0.3) is 0 Å². The van der Waals surface area contributed by atoms with Crippen molar-refractivity contribution >= 4 is 11.9 Å². The second kappa shape index (κ2) is 8.06. The third kappa shape index (κ3) is 5.67. The Labute approximate surface area is 94.9 Å². The zero-order chi connectivity index (χ0) is 12.6. The van der Waals surface area contributed by atoms with Crippen molar-refractivity contribution in [1.82, 2.24) is 5.32 Å². The Hall–Kier alpha value is -1.14. The van der Waals surface area contributed by atoms with Crippen molar-refractivity contribution in [3.63, 3.8) is 0 Å². The number of methoxy groups -OCH3 is 2. The molecule has 0 aromatic carbocycles. The minimum Gasteiger partial charge on any atom is -0.480 e. The number of carboxylic acid groups (broad SMARTS) is 1. The minimum absolute atomic E-state index is 0.247. The quantitative estimate of drug-likeness (QED) is 0.610. The maximum Gasteiger partial charge on any atom is 0.326 e. The van der Waals surface area contributed by atoms with Crippen LogP contribution in [0.2, 0.25) is 0 Å². The summed E-state index contributed by atoms with van der Waals surface area (Å²) in [4.78, 5) is 22.3. The molecular formula is C10H19NO5. The summed E-state index contributed by atoms with van der Waals surface area (Å²) >= 11 is 0. The van der Waals surface area contributed by atoms with Crippen LogP contribution in [0.5, 0.6) is 0 Å². The highest BCUT2D eigenvalue weighted by molar-refractivity contribution is 5.84. The molecule has 0 spiro atoms. The van der Waals surface area contributed by atoms with Crippen molar-refractivity contribution in [3.05, 3.63) is 0 Å². The number of carbonyl (C=O) groups is 2.